The number of aldehydes is 1. The van der Waals surface area contributed by atoms with Gasteiger partial charge in [-0.1, -0.05) is 83.1 Å². The lowest BCUT2D eigenvalue weighted by Crippen LogP contribution is -2.52. The Hall–Kier alpha value is 0.338. The van der Waals surface area contributed by atoms with E-state index in [2.05, 4.69) is 135 Å². The van der Waals surface area contributed by atoms with Crippen molar-refractivity contribution in [3.63, 3.8) is 0 Å². The maximum atomic E-state index is 12.3. The Bertz CT molecular complexity index is 906. The maximum Gasteiger partial charge on any atom is 0.192 e. The highest BCUT2D eigenvalue weighted by Gasteiger charge is 2.50. The number of ether oxygens (including phenoxy) is 1. The highest BCUT2D eigenvalue weighted by molar-refractivity contribution is 6.75. The topological polar surface area (TPSA) is 63.2 Å². The molecule has 1 saturated heterocycles. The largest absolute Gasteiger partial charge is 0.414 e. The number of hydrogen-bond donors (Lipinski definition) is 0. The van der Waals surface area contributed by atoms with Crippen LogP contribution in [-0.2, 0) is 27.2 Å². The van der Waals surface area contributed by atoms with Crippen molar-refractivity contribution in [2.75, 3.05) is 6.61 Å². The molecule has 256 valence electrons. The van der Waals surface area contributed by atoms with Gasteiger partial charge in [-0.2, -0.15) is 0 Å². The van der Waals surface area contributed by atoms with Crippen molar-refractivity contribution in [2.24, 2.45) is 0 Å². The average Bonchev–Trinajstić information content (AvgIpc) is 3.15. The van der Waals surface area contributed by atoms with E-state index in [0.29, 0.717) is 19.4 Å². The van der Waals surface area contributed by atoms with Gasteiger partial charge in [0.15, 0.2) is 39.6 Å². The molecule has 1 aliphatic rings. The maximum absolute atomic E-state index is 12.3. The van der Waals surface area contributed by atoms with Gasteiger partial charge in [-0.05, 0) is 72.5 Å². The van der Waals surface area contributed by atoms with Crippen LogP contribution in [-0.4, -0.2) is 76.7 Å². The van der Waals surface area contributed by atoms with Crippen molar-refractivity contribution in [3.05, 3.63) is 0 Å². The molecule has 0 aliphatic carbocycles. The summed E-state index contributed by atoms with van der Waals surface area (Å²) in [6.45, 7) is 46.0. The smallest absolute Gasteiger partial charge is 0.192 e. The molecule has 10 heteroatoms. The molecule has 5 atom stereocenters. The van der Waals surface area contributed by atoms with Gasteiger partial charge < -0.3 is 27.2 Å². The summed E-state index contributed by atoms with van der Waals surface area (Å²) in [5.74, 6) is 0. The van der Waals surface area contributed by atoms with Gasteiger partial charge in [0.1, 0.15) is 6.10 Å². The third-order valence-electron chi connectivity index (χ3n) is 11.4. The van der Waals surface area contributed by atoms with E-state index in [9.17, 15) is 4.79 Å². The molecule has 6 nitrogen and oxygen atoms in total. The van der Waals surface area contributed by atoms with Gasteiger partial charge in [-0.3, -0.25) is 0 Å². The molecule has 0 aromatic heterocycles. The second-order valence-electron chi connectivity index (χ2n) is 19.2. The SMILES string of the molecule is CC(C)(C)[Si](C)(C)OC[C@@H](C[C@H](O[Si](C)(C)C(C)(C)C)[C@@H]1C[C@H](O[Si](C)(C)C(C)(C)C)[C@H](C=O)O1)O[Si](C)(C)C(C)(C)C. The molecule has 1 heterocycles. The van der Waals surface area contributed by atoms with Crippen molar-refractivity contribution in [3.8, 4) is 0 Å². The molecule has 0 amide bonds. The number of carbonyl (C=O) groups excluding carboxylic acids is 1. The molecular formula is C33H72O6Si4. The summed E-state index contributed by atoms with van der Waals surface area (Å²) >= 11 is 0. The molecule has 0 aromatic rings. The Kier molecular flexibility index (Phi) is 13.3. The number of carbonyl (C=O) groups is 1. The monoisotopic (exact) mass is 676 g/mol. The first-order chi connectivity index (χ1) is 18.8. The van der Waals surface area contributed by atoms with Crippen LogP contribution in [0.5, 0.6) is 0 Å². The average molecular weight is 677 g/mol. The summed E-state index contributed by atoms with van der Waals surface area (Å²) < 4.78 is 34.5. The molecule has 0 unspecified atom stereocenters. The van der Waals surface area contributed by atoms with Gasteiger partial charge in [0, 0.05) is 12.8 Å². The molecule has 0 radical (unpaired) electrons. The Morgan fingerprint density at radius 3 is 1.49 bits per heavy atom. The third-order valence-corrected chi connectivity index (χ3v) is 29.5. The Labute approximate surface area is 271 Å². The standard InChI is InChI=1S/C33H72O6Si4/c1-30(2,3)40(13,14)35-24-25(37-41(15,16)31(4,5)6)21-27(38-42(17,18)32(7,8)9)26-22-28(29(23-34)36-26)39-43(19,20)33(10,11)12/h23,25-29H,21-22,24H2,1-20H3/t25-,26+,27+,28+,29+/m1/s1. The fourth-order valence-electron chi connectivity index (χ4n) is 4.09. The fourth-order valence-corrected chi connectivity index (χ4v) is 9.18. The van der Waals surface area contributed by atoms with E-state index in [1.165, 1.54) is 0 Å². The Morgan fingerprint density at radius 1 is 0.674 bits per heavy atom. The lowest BCUT2D eigenvalue weighted by atomic mass is 10.0. The molecule has 1 rings (SSSR count). The predicted octanol–water partition coefficient (Wildman–Crippen LogP) is 9.93. The Morgan fingerprint density at radius 2 is 1.09 bits per heavy atom. The van der Waals surface area contributed by atoms with Gasteiger partial charge in [0.2, 0.25) is 0 Å². The van der Waals surface area contributed by atoms with Crippen LogP contribution in [0.4, 0.5) is 0 Å². The van der Waals surface area contributed by atoms with E-state index >= 15 is 0 Å². The van der Waals surface area contributed by atoms with E-state index in [-0.39, 0.29) is 44.6 Å². The quantitative estimate of drug-likeness (QED) is 0.143. The summed E-state index contributed by atoms with van der Waals surface area (Å²) in [7, 11) is -8.44. The van der Waals surface area contributed by atoms with Gasteiger partial charge in [0.05, 0.1) is 31.0 Å². The molecule has 1 fully saturated rings. The summed E-state index contributed by atoms with van der Waals surface area (Å²) in [4.78, 5) is 12.3. The first kappa shape index (κ1) is 41.4. The van der Waals surface area contributed by atoms with Crippen LogP contribution in [0.25, 0.3) is 0 Å². The normalized spacial score (nSPS) is 23.4. The molecule has 0 N–H and O–H groups in total. The molecule has 0 bridgehead atoms. The van der Waals surface area contributed by atoms with Crippen molar-refractivity contribution < 1.29 is 27.2 Å². The van der Waals surface area contributed by atoms with E-state index in [0.717, 1.165) is 6.29 Å². The molecule has 0 saturated carbocycles. The summed E-state index contributed by atoms with van der Waals surface area (Å²) in [6.07, 6.45) is 0.771. The van der Waals surface area contributed by atoms with Crippen molar-refractivity contribution in [1.29, 1.82) is 0 Å². The third kappa shape index (κ3) is 10.9. The second-order valence-corrected chi connectivity index (χ2v) is 38.2. The molecular weight excluding hydrogens is 605 g/mol. The van der Waals surface area contributed by atoms with E-state index in [1.807, 2.05) is 0 Å². The van der Waals surface area contributed by atoms with Crippen molar-refractivity contribution in [2.45, 2.75) is 199 Å². The van der Waals surface area contributed by atoms with Crippen LogP contribution >= 0.6 is 0 Å². The zero-order valence-corrected chi connectivity index (χ0v) is 36.0. The van der Waals surface area contributed by atoms with Gasteiger partial charge in [0.25, 0.3) is 0 Å². The van der Waals surface area contributed by atoms with Crippen LogP contribution in [0, 0.1) is 0 Å². The van der Waals surface area contributed by atoms with Gasteiger partial charge >= 0.3 is 0 Å². The lowest BCUT2D eigenvalue weighted by molar-refractivity contribution is -0.123. The second kappa shape index (κ2) is 13.8. The molecule has 1 aliphatic heterocycles. The van der Waals surface area contributed by atoms with Gasteiger partial charge in [-0.15, -0.1) is 0 Å². The minimum atomic E-state index is -2.19. The zero-order valence-electron chi connectivity index (χ0n) is 32.0. The minimum absolute atomic E-state index is 0.0262. The van der Waals surface area contributed by atoms with Crippen LogP contribution in [0.15, 0.2) is 0 Å². The summed E-state index contributed by atoms with van der Waals surface area (Å²) in [6, 6.07) is 0. The zero-order chi connectivity index (χ0) is 34.3. The molecule has 0 aromatic carbocycles. The van der Waals surface area contributed by atoms with Crippen LogP contribution in [0.1, 0.15) is 95.9 Å². The van der Waals surface area contributed by atoms with Gasteiger partial charge in [-0.25, -0.2) is 0 Å². The number of rotatable bonds is 13. The Balaban J connectivity index is 3.52. The van der Waals surface area contributed by atoms with Crippen LogP contribution in [0.3, 0.4) is 0 Å². The first-order valence-electron chi connectivity index (χ1n) is 16.6. The van der Waals surface area contributed by atoms with E-state index in [4.69, 9.17) is 22.4 Å². The molecule has 43 heavy (non-hydrogen) atoms. The predicted molar refractivity (Wildman–Crippen MR) is 193 cm³/mol. The van der Waals surface area contributed by atoms with Crippen molar-refractivity contribution in [1.82, 2.24) is 0 Å². The highest BCUT2D eigenvalue weighted by Crippen LogP contribution is 2.44. The fraction of sp³-hybridized carbons (Fsp3) is 0.970. The number of hydrogen-bond acceptors (Lipinski definition) is 6. The molecule has 0 spiro atoms. The highest BCUT2D eigenvalue weighted by atomic mass is 28.4. The first-order valence-corrected chi connectivity index (χ1v) is 28.2. The van der Waals surface area contributed by atoms with E-state index in [1.54, 1.807) is 0 Å². The van der Waals surface area contributed by atoms with Crippen molar-refractivity contribution >= 4 is 39.6 Å². The van der Waals surface area contributed by atoms with Crippen LogP contribution < -0.4 is 0 Å². The summed E-state index contributed by atoms with van der Waals surface area (Å²) in [5.41, 5.74) is 0. The minimum Gasteiger partial charge on any atom is -0.414 e. The lowest BCUT2D eigenvalue weighted by Gasteiger charge is -2.44. The van der Waals surface area contributed by atoms with Crippen LogP contribution in [0.2, 0.25) is 72.5 Å². The van der Waals surface area contributed by atoms with E-state index < -0.39 is 39.4 Å². The summed E-state index contributed by atoms with van der Waals surface area (Å²) in [5, 5.41) is 0.231.